The molecule has 1 aromatic rings. The molecule has 0 saturated carbocycles. The zero-order valence-electron chi connectivity index (χ0n) is 23.9. The Morgan fingerprint density at radius 1 is 0.872 bits per heavy atom. The maximum atomic E-state index is 12.4. The SMILES string of the molecule is CCCCCC(=O)OCCN[C@@H](Cc1ccc(OC(=O)OC(C)CC)c(OC(=O)OC(C)CC)c1)C(=O)OC. The predicted molar refractivity (Wildman–Crippen MR) is 143 cm³/mol. The first kappa shape index (κ1) is 33.7. The van der Waals surface area contributed by atoms with Crippen LogP contribution in [0.2, 0.25) is 0 Å². The van der Waals surface area contributed by atoms with Gasteiger partial charge in [-0.3, -0.25) is 9.59 Å². The summed E-state index contributed by atoms with van der Waals surface area (Å²) in [6.45, 7) is 9.53. The lowest BCUT2D eigenvalue weighted by Gasteiger charge is -2.18. The van der Waals surface area contributed by atoms with Gasteiger partial charge in [0.25, 0.3) is 0 Å². The number of nitrogens with one attached hydrogen (secondary N) is 1. The van der Waals surface area contributed by atoms with Gasteiger partial charge in [-0.05, 0) is 57.2 Å². The van der Waals surface area contributed by atoms with Crippen molar-refractivity contribution < 1.29 is 47.6 Å². The first-order valence-electron chi connectivity index (χ1n) is 13.5. The Morgan fingerprint density at radius 2 is 1.49 bits per heavy atom. The molecule has 0 bridgehead atoms. The number of ether oxygens (including phenoxy) is 6. The average molecular weight is 554 g/mol. The Labute approximate surface area is 230 Å². The van der Waals surface area contributed by atoms with E-state index < -0.39 is 24.3 Å². The summed E-state index contributed by atoms with van der Waals surface area (Å²) in [6, 6.07) is 3.74. The Hall–Kier alpha value is -3.34. The second-order valence-corrected chi connectivity index (χ2v) is 9.07. The normalized spacial score (nSPS) is 13.0. The molecule has 0 aliphatic carbocycles. The quantitative estimate of drug-likeness (QED) is 0.119. The first-order valence-corrected chi connectivity index (χ1v) is 13.5. The number of hydrogen-bond acceptors (Lipinski definition) is 11. The zero-order chi connectivity index (χ0) is 29.2. The number of rotatable bonds is 17. The largest absolute Gasteiger partial charge is 0.514 e. The van der Waals surface area contributed by atoms with Gasteiger partial charge in [0, 0.05) is 13.0 Å². The van der Waals surface area contributed by atoms with Crippen LogP contribution in [0.1, 0.15) is 78.7 Å². The molecule has 0 heterocycles. The predicted octanol–water partition coefficient (Wildman–Crippen LogP) is 5.11. The molecule has 1 rings (SSSR count). The van der Waals surface area contributed by atoms with Gasteiger partial charge in [0.15, 0.2) is 11.5 Å². The van der Waals surface area contributed by atoms with Crippen LogP contribution >= 0.6 is 0 Å². The van der Waals surface area contributed by atoms with Gasteiger partial charge in [0.2, 0.25) is 0 Å². The molecule has 0 aliphatic rings. The fourth-order valence-electron chi connectivity index (χ4n) is 3.17. The zero-order valence-corrected chi connectivity index (χ0v) is 23.9. The minimum Gasteiger partial charge on any atom is -0.468 e. The van der Waals surface area contributed by atoms with Crippen molar-refractivity contribution in [2.75, 3.05) is 20.3 Å². The maximum Gasteiger partial charge on any atom is 0.514 e. The van der Waals surface area contributed by atoms with Crippen molar-refractivity contribution in [3.05, 3.63) is 23.8 Å². The molecule has 0 spiro atoms. The van der Waals surface area contributed by atoms with Gasteiger partial charge in [-0.15, -0.1) is 0 Å². The highest BCUT2D eigenvalue weighted by atomic mass is 16.7. The first-order chi connectivity index (χ1) is 18.6. The average Bonchev–Trinajstić information content (AvgIpc) is 2.91. The third-order valence-electron chi connectivity index (χ3n) is 5.81. The van der Waals surface area contributed by atoms with E-state index in [0.717, 1.165) is 19.3 Å². The standard InChI is InChI=1S/C28H43NO10/c1-7-10-11-12-25(30)35-16-15-29-22(26(31)34-6)17-21-13-14-23(38-27(32)36-19(4)8-2)24(18-21)39-28(33)37-20(5)9-3/h13-14,18-20,22,29H,7-12,15-17H2,1-6H3/t19?,20?,22-/m0/s1. The fourth-order valence-corrected chi connectivity index (χ4v) is 3.17. The van der Waals surface area contributed by atoms with Crippen molar-refractivity contribution >= 4 is 24.2 Å². The molecular formula is C28H43NO10. The van der Waals surface area contributed by atoms with E-state index in [1.54, 1.807) is 19.9 Å². The molecule has 11 nitrogen and oxygen atoms in total. The summed E-state index contributed by atoms with van der Waals surface area (Å²) >= 11 is 0. The maximum absolute atomic E-state index is 12.4. The third kappa shape index (κ3) is 13.9. The van der Waals surface area contributed by atoms with Gasteiger partial charge in [0.1, 0.15) is 24.9 Å². The molecule has 0 amide bonds. The van der Waals surface area contributed by atoms with Crippen LogP contribution in [-0.4, -0.2) is 62.8 Å². The number of unbranched alkanes of at least 4 members (excludes halogenated alkanes) is 2. The van der Waals surface area contributed by atoms with Crippen LogP contribution < -0.4 is 14.8 Å². The number of carbonyl (C=O) groups excluding carboxylic acids is 4. The Bertz CT molecular complexity index is 920. The summed E-state index contributed by atoms with van der Waals surface area (Å²) in [5.74, 6) is -0.939. The van der Waals surface area contributed by atoms with Crippen LogP contribution in [0, 0.1) is 0 Å². The van der Waals surface area contributed by atoms with E-state index in [9.17, 15) is 19.2 Å². The van der Waals surface area contributed by atoms with E-state index in [1.165, 1.54) is 19.2 Å². The van der Waals surface area contributed by atoms with E-state index in [0.29, 0.717) is 24.8 Å². The second-order valence-electron chi connectivity index (χ2n) is 9.07. The Kier molecular flexibility index (Phi) is 16.3. The van der Waals surface area contributed by atoms with E-state index >= 15 is 0 Å². The molecule has 1 aromatic carbocycles. The summed E-state index contributed by atoms with van der Waals surface area (Å²) in [7, 11) is 1.27. The molecule has 0 aliphatic heterocycles. The number of methoxy groups -OCH3 is 1. The second kappa shape index (κ2) is 18.8. The highest BCUT2D eigenvalue weighted by molar-refractivity contribution is 5.76. The van der Waals surface area contributed by atoms with Crippen LogP contribution in [-0.2, 0) is 35.0 Å². The van der Waals surface area contributed by atoms with Gasteiger partial charge < -0.3 is 33.7 Å². The van der Waals surface area contributed by atoms with Gasteiger partial charge in [-0.1, -0.05) is 39.7 Å². The highest BCUT2D eigenvalue weighted by Gasteiger charge is 2.23. The Morgan fingerprint density at radius 3 is 2.05 bits per heavy atom. The number of benzene rings is 1. The highest BCUT2D eigenvalue weighted by Crippen LogP contribution is 2.30. The number of esters is 2. The Balaban J connectivity index is 2.96. The van der Waals surface area contributed by atoms with Crippen LogP contribution in [0.15, 0.2) is 18.2 Å². The molecule has 39 heavy (non-hydrogen) atoms. The lowest BCUT2D eigenvalue weighted by molar-refractivity contribution is -0.144. The van der Waals surface area contributed by atoms with Gasteiger partial charge >= 0.3 is 24.2 Å². The summed E-state index contributed by atoms with van der Waals surface area (Å²) in [4.78, 5) is 48.7. The summed E-state index contributed by atoms with van der Waals surface area (Å²) < 4.78 is 31.0. The van der Waals surface area contributed by atoms with Crippen molar-refractivity contribution in [1.82, 2.24) is 5.32 Å². The van der Waals surface area contributed by atoms with Crippen molar-refractivity contribution in [2.24, 2.45) is 0 Å². The monoisotopic (exact) mass is 553 g/mol. The van der Waals surface area contributed by atoms with Crippen molar-refractivity contribution in [3.63, 3.8) is 0 Å². The van der Waals surface area contributed by atoms with Gasteiger partial charge in [0.05, 0.1) is 7.11 Å². The molecule has 0 aromatic heterocycles. The van der Waals surface area contributed by atoms with Crippen LogP contribution in [0.4, 0.5) is 9.59 Å². The van der Waals surface area contributed by atoms with Crippen LogP contribution in [0.5, 0.6) is 11.5 Å². The van der Waals surface area contributed by atoms with Gasteiger partial charge in [-0.25, -0.2) is 9.59 Å². The molecule has 3 atom stereocenters. The smallest absolute Gasteiger partial charge is 0.468 e. The minimum atomic E-state index is -0.968. The lowest BCUT2D eigenvalue weighted by Crippen LogP contribution is -2.41. The molecule has 220 valence electrons. The summed E-state index contributed by atoms with van der Waals surface area (Å²) in [5, 5.41) is 3.02. The topological polar surface area (TPSA) is 136 Å². The van der Waals surface area contributed by atoms with E-state index in [4.69, 9.17) is 28.4 Å². The van der Waals surface area contributed by atoms with E-state index in [-0.39, 0.29) is 49.2 Å². The van der Waals surface area contributed by atoms with Crippen molar-refractivity contribution in [3.8, 4) is 11.5 Å². The third-order valence-corrected chi connectivity index (χ3v) is 5.81. The molecule has 0 saturated heterocycles. The molecule has 1 N–H and O–H groups in total. The van der Waals surface area contributed by atoms with E-state index in [1.807, 2.05) is 13.8 Å². The van der Waals surface area contributed by atoms with Crippen LogP contribution in [0.3, 0.4) is 0 Å². The van der Waals surface area contributed by atoms with Crippen molar-refractivity contribution in [1.29, 1.82) is 0 Å². The molecule has 0 radical (unpaired) electrons. The number of hydrogen-bond donors (Lipinski definition) is 1. The van der Waals surface area contributed by atoms with E-state index in [2.05, 4.69) is 12.2 Å². The van der Waals surface area contributed by atoms with Gasteiger partial charge in [-0.2, -0.15) is 0 Å². The summed E-state index contributed by atoms with van der Waals surface area (Å²) in [5.41, 5.74) is 0.573. The number of carbonyl (C=O) groups is 4. The molecule has 11 heteroatoms. The van der Waals surface area contributed by atoms with Crippen molar-refractivity contribution in [2.45, 2.75) is 97.8 Å². The van der Waals surface area contributed by atoms with Crippen LogP contribution in [0.25, 0.3) is 0 Å². The summed E-state index contributed by atoms with van der Waals surface area (Å²) in [6.07, 6.45) is 1.77. The fraction of sp³-hybridized carbons (Fsp3) is 0.643. The lowest BCUT2D eigenvalue weighted by atomic mass is 10.1. The molecule has 2 unspecified atom stereocenters. The molecule has 0 fully saturated rings. The minimum absolute atomic E-state index is 0.0503. The molecular weight excluding hydrogens is 510 g/mol.